The average molecular weight is 208 g/mol. The van der Waals surface area contributed by atoms with Crippen LogP contribution in [0.15, 0.2) is 18.3 Å². The van der Waals surface area contributed by atoms with Gasteiger partial charge in [0.1, 0.15) is 5.82 Å². The Morgan fingerprint density at radius 3 is 2.93 bits per heavy atom. The Morgan fingerprint density at radius 2 is 2.36 bits per heavy atom. The highest BCUT2D eigenvalue weighted by molar-refractivity contribution is 8.00. The van der Waals surface area contributed by atoms with Crippen LogP contribution in [0.3, 0.4) is 0 Å². The summed E-state index contributed by atoms with van der Waals surface area (Å²) in [4.78, 5) is 4.32. The van der Waals surface area contributed by atoms with Crippen molar-refractivity contribution in [3.05, 3.63) is 23.9 Å². The molecule has 1 aromatic heterocycles. The van der Waals surface area contributed by atoms with Gasteiger partial charge in [-0.1, -0.05) is 6.07 Å². The Kier molecular flexibility index (Phi) is 2.68. The van der Waals surface area contributed by atoms with Gasteiger partial charge in [-0.05, 0) is 37.7 Å². The Balaban J connectivity index is 1.95. The maximum atomic E-state index is 4.32. The van der Waals surface area contributed by atoms with Gasteiger partial charge in [0.15, 0.2) is 0 Å². The number of hydrogen-bond donors (Lipinski definition) is 1. The molecule has 0 saturated heterocycles. The SMILES string of the molecule is CSC1(CNc2ncccc2C)CC1. The molecule has 0 aliphatic heterocycles. The van der Waals surface area contributed by atoms with Gasteiger partial charge in [-0.2, -0.15) is 11.8 Å². The lowest BCUT2D eigenvalue weighted by Crippen LogP contribution is -2.18. The van der Waals surface area contributed by atoms with Gasteiger partial charge in [-0.3, -0.25) is 0 Å². The molecule has 1 saturated carbocycles. The van der Waals surface area contributed by atoms with E-state index in [2.05, 4.69) is 29.5 Å². The second-order valence-electron chi connectivity index (χ2n) is 3.91. The Hall–Kier alpha value is -0.700. The average Bonchev–Trinajstić information content (AvgIpc) is 2.98. The maximum Gasteiger partial charge on any atom is 0.128 e. The Bertz CT molecular complexity index is 321. The number of thioether (sulfide) groups is 1. The quantitative estimate of drug-likeness (QED) is 0.823. The highest BCUT2D eigenvalue weighted by Gasteiger charge is 2.41. The lowest BCUT2D eigenvalue weighted by molar-refractivity contribution is 0.937. The van der Waals surface area contributed by atoms with Crippen LogP contribution in [0.5, 0.6) is 0 Å². The van der Waals surface area contributed by atoms with Gasteiger partial charge in [0.2, 0.25) is 0 Å². The first kappa shape index (κ1) is 9.84. The lowest BCUT2D eigenvalue weighted by atomic mass is 10.3. The zero-order chi connectivity index (χ0) is 10.0. The third-order valence-corrected chi connectivity index (χ3v) is 4.25. The number of aryl methyl sites for hydroxylation is 1. The van der Waals surface area contributed by atoms with Crippen molar-refractivity contribution >= 4 is 17.6 Å². The molecule has 1 aromatic rings. The van der Waals surface area contributed by atoms with Crippen LogP contribution in [0.1, 0.15) is 18.4 Å². The van der Waals surface area contributed by atoms with E-state index in [0.29, 0.717) is 4.75 Å². The topological polar surface area (TPSA) is 24.9 Å². The first-order chi connectivity index (χ1) is 6.76. The van der Waals surface area contributed by atoms with Crippen molar-refractivity contribution in [2.75, 3.05) is 18.1 Å². The second kappa shape index (κ2) is 3.81. The molecule has 1 aliphatic carbocycles. The number of rotatable bonds is 4. The third kappa shape index (κ3) is 2.03. The fraction of sp³-hybridized carbons (Fsp3) is 0.545. The van der Waals surface area contributed by atoms with Crippen molar-refractivity contribution in [3.8, 4) is 0 Å². The van der Waals surface area contributed by atoms with Crippen LogP contribution < -0.4 is 5.32 Å². The zero-order valence-electron chi connectivity index (χ0n) is 8.71. The molecular weight excluding hydrogens is 192 g/mol. The second-order valence-corrected chi connectivity index (χ2v) is 5.18. The van der Waals surface area contributed by atoms with Gasteiger partial charge in [0.25, 0.3) is 0 Å². The highest BCUT2D eigenvalue weighted by atomic mass is 32.2. The molecular formula is C11H16N2S. The summed E-state index contributed by atoms with van der Waals surface area (Å²) in [5.41, 5.74) is 1.23. The molecule has 0 atom stereocenters. The monoisotopic (exact) mass is 208 g/mol. The minimum atomic E-state index is 0.504. The van der Waals surface area contributed by atoms with Gasteiger partial charge in [0.05, 0.1) is 0 Å². The summed E-state index contributed by atoms with van der Waals surface area (Å²) >= 11 is 1.97. The molecule has 0 spiro atoms. The summed E-state index contributed by atoms with van der Waals surface area (Å²) in [5, 5.41) is 3.43. The molecule has 1 aliphatic rings. The fourth-order valence-electron chi connectivity index (χ4n) is 1.51. The summed E-state index contributed by atoms with van der Waals surface area (Å²) in [6, 6.07) is 4.07. The first-order valence-electron chi connectivity index (χ1n) is 4.96. The van der Waals surface area contributed by atoms with Crippen LogP contribution in [0.25, 0.3) is 0 Å². The summed E-state index contributed by atoms with van der Waals surface area (Å²) in [5.74, 6) is 1.04. The maximum absolute atomic E-state index is 4.32. The van der Waals surface area contributed by atoms with E-state index in [4.69, 9.17) is 0 Å². The van der Waals surface area contributed by atoms with E-state index in [9.17, 15) is 0 Å². The fourth-order valence-corrected chi connectivity index (χ4v) is 2.23. The van der Waals surface area contributed by atoms with E-state index in [1.807, 2.05) is 24.0 Å². The predicted molar refractivity (Wildman–Crippen MR) is 62.9 cm³/mol. The van der Waals surface area contributed by atoms with Crippen LogP contribution in [-0.4, -0.2) is 22.5 Å². The summed E-state index contributed by atoms with van der Waals surface area (Å²) in [7, 11) is 0. The molecule has 1 fully saturated rings. The molecule has 76 valence electrons. The largest absolute Gasteiger partial charge is 0.368 e. The minimum absolute atomic E-state index is 0.504. The lowest BCUT2D eigenvalue weighted by Gasteiger charge is -2.14. The van der Waals surface area contributed by atoms with E-state index in [1.165, 1.54) is 18.4 Å². The molecule has 1 heterocycles. The minimum Gasteiger partial charge on any atom is -0.368 e. The first-order valence-corrected chi connectivity index (χ1v) is 6.19. The molecule has 0 radical (unpaired) electrons. The van der Waals surface area contributed by atoms with Crippen molar-refractivity contribution < 1.29 is 0 Å². The van der Waals surface area contributed by atoms with E-state index in [0.717, 1.165) is 12.4 Å². The third-order valence-electron chi connectivity index (χ3n) is 2.83. The van der Waals surface area contributed by atoms with Crippen molar-refractivity contribution in [2.45, 2.75) is 24.5 Å². The number of anilines is 1. The van der Waals surface area contributed by atoms with Crippen molar-refractivity contribution in [1.29, 1.82) is 0 Å². The number of pyridine rings is 1. The standard InChI is InChI=1S/C11H16N2S/c1-9-4-3-7-12-10(9)13-8-11(14-2)5-6-11/h3-4,7H,5-6,8H2,1-2H3,(H,12,13). The van der Waals surface area contributed by atoms with E-state index < -0.39 is 0 Å². The molecule has 0 amide bonds. The molecule has 2 rings (SSSR count). The number of hydrogen-bond acceptors (Lipinski definition) is 3. The normalized spacial score (nSPS) is 17.9. The van der Waals surface area contributed by atoms with Crippen molar-refractivity contribution in [2.24, 2.45) is 0 Å². The molecule has 0 bridgehead atoms. The number of aromatic nitrogens is 1. The summed E-state index contributed by atoms with van der Waals surface area (Å²) in [6.45, 7) is 3.14. The van der Waals surface area contributed by atoms with Crippen LogP contribution >= 0.6 is 11.8 Å². The smallest absolute Gasteiger partial charge is 0.128 e. The van der Waals surface area contributed by atoms with E-state index in [1.54, 1.807) is 0 Å². The van der Waals surface area contributed by atoms with Crippen LogP contribution in [-0.2, 0) is 0 Å². The number of nitrogens with one attached hydrogen (secondary N) is 1. The predicted octanol–water partition coefficient (Wildman–Crippen LogP) is 2.70. The molecule has 3 heteroatoms. The van der Waals surface area contributed by atoms with Crippen LogP contribution in [0, 0.1) is 6.92 Å². The highest BCUT2D eigenvalue weighted by Crippen LogP contribution is 2.46. The van der Waals surface area contributed by atoms with Gasteiger partial charge in [0, 0.05) is 17.5 Å². The van der Waals surface area contributed by atoms with Gasteiger partial charge in [-0.15, -0.1) is 0 Å². The number of nitrogens with zero attached hydrogens (tertiary/aromatic N) is 1. The molecule has 0 aromatic carbocycles. The van der Waals surface area contributed by atoms with Gasteiger partial charge in [-0.25, -0.2) is 4.98 Å². The zero-order valence-corrected chi connectivity index (χ0v) is 9.53. The van der Waals surface area contributed by atoms with Crippen molar-refractivity contribution in [3.63, 3.8) is 0 Å². The molecule has 2 nitrogen and oxygen atoms in total. The summed E-state index contributed by atoms with van der Waals surface area (Å²) in [6.07, 6.45) is 6.72. The molecule has 1 N–H and O–H groups in total. The van der Waals surface area contributed by atoms with E-state index in [-0.39, 0.29) is 0 Å². The molecule has 14 heavy (non-hydrogen) atoms. The Morgan fingerprint density at radius 1 is 1.57 bits per heavy atom. The van der Waals surface area contributed by atoms with Crippen molar-refractivity contribution in [1.82, 2.24) is 4.98 Å². The van der Waals surface area contributed by atoms with E-state index >= 15 is 0 Å². The van der Waals surface area contributed by atoms with Gasteiger partial charge < -0.3 is 5.32 Å². The molecule has 0 unspecified atom stereocenters. The van der Waals surface area contributed by atoms with Crippen LogP contribution in [0.2, 0.25) is 0 Å². The van der Waals surface area contributed by atoms with Crippen LogP contribution in [0.4, 0.5) is 5.82 Å². The summed E-state index contributed by atoms with van der Waals surface area (Å²) < 4.78 is 0.504. The van der Waals surface area contributed by atoms with Gasteiger partial charge >= 0.3 is 0 Å². The Labute approximate surface area is 89.5 Å².